The fourth-order valence-corrected chi connectivity index (χ4v) is 18.6. The second-order valence-corrected chi connectivity index (χ2v) is 32.9. The third kappa shape index (κ3) is 26.1. The Balaban J connectivity index is 0.000000299. The first-order chi connectivity index (χ1) is 63.6. The average Bonchev–Trinajstić information content (AvgIpc) is 1.60. The van der Waals surface area contributed by atoms with Crippen LogP contribution in [0.5, 0.6) is 46.0 Å². The molecule has 132 heavy (non-hydrogen) atoms. The van der Waals surface area contributed by atoms with E-state index in [-0.39, 0.29) is 102 Å². The van der Waals surface area contributed by atoms with Gasteiger partial charge in [0.15, 0.2) is 69.1 Å². The van der Waals surface area contributed by atoms with Crippen LogP contribution in [-0.4, -0.2) is 229 Å². The number of amides is 2. The molecule has 0 aromatic heterocycles. The molecule has 718 valence electrons. The summed E-state index contributed by atoms with van der Waals surface area (Å²) in [7, 11) is 12.3. The zero-order valence-corrected chi connectivity index (χ0v) is 77.6. The molecule has 2 amide bonds. The molecule has 4 aliphatic heterocycles. The highest BCUT2D eigenvalue weighted by Gasteiger charge is 2.58. The first-order valence-corrected chi connectivity index (χ1v) is 44.2. The van der Waals surface area contributed by atoms with Crippen LogP contribution in [0.4, 0.5) is 4.79 Å². The fourth-order valence-electron chi connectivity index (χ4n) is 18.6. The Hall–Kier alpha value is -12.8. The van der Waals surface area contributed by atoms with Gasteiger partial charge in [-0.05, 0) is 264 Å². The van der Waals surface area contributed by atoms with Crippen molar-refractivity contribution >= 4 is 78.3 Å². The molecule has 6 aromatic rings. The van der Waals surface area contributed by atoms with Gasteiger partial charge in [0.2, 0.25) is 6.41 Å². The molecular weight excluding hydrogens is 1710 g/mol. The summed E-state index contributed by atoms with van der Waals surface area (Å²) < 4.78 is 69.8. The minimum atomic E-state index is -1.28. The van der Waals surface area contributed by atoms with Crippen molar-refractivity contribution in [2.75, 3.05) is 136 Å². The molecule has 3 N–H and O–H groups in total. The molecule has 0 radical (unpaired) electrons. The number of hydrogen-bond donors (Lipinski definition) is 3. The van der Waals surface area contributed by atoms with E-state index in [0.717, 1.165) is 98.9 Å². The van der Waals surface area contributed by atoms with E-state index in [1.54, 1.807) is 95.2 Å². The highest BCUT2D eigenvalue weighted by atomic mass is 16.6. The van der Waals surface area contributed by atoms with Gasteiger partial charge in [0.1, 0.15) is 28.3 Å². The lowest BCUT2D eigenvalue weighted by Crippen LogP contribution is -2.44. The van der Waals surface area contributed by atoms with Gasteiger partial charge in [-0.25, -0.2) is 4.79 Å². The number of Topliss-reactive ketones (excluding diaryl/α,β-unsaturated/α-hetero) is 4. The number of nitrogens with one attached hydrogen (secondary N) is 2. The SMILES string of the molecule is CCOC(=O)C1(CC2CCN(C(=O)OCc3ccccc3)CC2)Cc2cc(OC)c(OC)cc2C1=O.CCOC(=O)C1(CC2CCN(C=O)CC2)Cc2cc(OC)c(OC)cc2C1=O.CCOC(=O)C1(CC2CCNCC2)Cc2cc(OC)c(OC)cc2C1=O.CCOC(=O)C1(CC2CCNCC2)Cc2cc(OC)c(OC)cc2C1=O.Cc1ccccc1.O=C=O.O=C=O.O=CO.[2HH].[HH]. The predicted octanol–water partition coefficient (Wildman–Crippen LogP) is 12.5. The second-order valence-electron chi connectivity index (χ2n) is 32.9. The average molecular weight is 1840 g/mol. The number of benzene rings is 6. The van der Waals surface area contributed by atoms with E-state index in [4.69, 9.17) is 90.7 Å². The van der Waals surface area contributed by atoms with Crippen molar-refractivity contribution < 1.29 is 141 Å². The number of piperidine rings is 4. The minimum absolute atomic E-state index is 0. The number of likely N-dealkylation sites (tertiary alicyclic amines) is 2. The van der Waals surface area contributed by atoms with Crippen LogP contribution in [0.25, 0.3) is 0 Å². The zero-order valence-electron chi connectivity index (χ0n) is 77.6. The molecule has 0 bridgehead atoms. The zero-order chi connectivity index (χ0) is 96.7. The lowest BCUT2D eigenvalue weighted by Gasteiger charge is -2.35. The molecular formula is C99H128N4O29. The first kappa shape index (κ1) is 106. The van der Waals surface area contributed by atoms with Crippen molar-refractivity contribution in [1.82, 2.24) is 20.4 Å². The summed E-state index contributed by atoms with van der Waals surface area (Å²) in [4.78, 5) is 174. The maximum atomic E-state index is 13.7. The van der Waals surface area contributed by atoms with Gasteiger partial charge >= 0.3 is 42.3 Å². The highest BCUT2D eigenvalue weighted by molar-refractivity contribution is 6.19. The second kappa shape index (κ2) is 52.3. The van der Waals surface area contributed by atoms with Gasteiger partial charge in [-0.2, -0.15) is 19.2 Å². The molecule has 33 heteroatoms. The van der Waals surface area contributed by atoms with Gasteiger partial charge in [-0.15, -0.1) is 0 Å². The van der Waals surface area contributed by atoms with Gasteiger partial charge in [0.05, 0.1) is 83.3 Å². The van der Waals surface area contributed by atoms with Crippen molar-refractivity contribution in [2.45, 2.75) is 144 Å². The highest BCUT2D eigenvalue weighted by Crippen LogP contribution is 2.53. The number of hydrogen-bond acceptors (Lipinski definition) is 30. The summed E-state index contributed by atoms with van der Waals surface area (Å²) >= 11 is 0. The summed E-state index contributed by atoms with van der Waals surface area (Å²) in [5.74, 6) is 2.55. The van der Waals surface area contributed by atoms with E-state index < -0.39 is 45.5 Å². The van der Waals surface area contributed by atoms with E-state index in [1.807, 2.05) is 60.7 Å². The Kier molecular flexibility index (Phi) is 42.1. The molecule has 4 atom stereocenters. The van der Waals surface area contributed by atoms with Gasteiger partial charge in [-0.1, -0.05) is 66.2 Å². The van der Waals surface area contributed by atoms with Crippen LogP contribution < -0.4 is 48.5 Å². The largest absolute Gasteiger partial charge is 0.493 e. The molecule has 8 aliphatic rings. The van der Waals surface area contributed by atoms with E-state index in [0.29, 0.717) is 164 Å². The number of esters is 4. The normalized spacial score (nSPS) is 19.6. The number of carbonyl (C=O) groups excluding carboxylic acids is 14. The summed E-state index contributed by atoms with van der Waals surface area (Å²) in [5, 5.41) is 13.6. The first-order valence-electron chi connectivity index (χ1n) is 44.2. The van der Waals surface area contributed by atoms with Gasteiger partial charge in [0.25, 0.3) is 6.47 Å². The summed E-state index contributed by atoms with van der Waals surface area (Å²) in [6, 6.07) is 33.7. The van der Waals surface area contributed by atoms with E-state index >= 15 is 0 Å². The van der Waals surface area contributed by atoms with Gasteiger partial charge in [0, 0.05) is 51.3 Å². The third-order valence-electron chi connectivity index (χ3n) is 25.1. The molecule has 0 spiro atoms. The minimum Gasteiger partial charge on any atom is -0.493 e. The Morgan fingerprint density at radius 3 is 0.879 bits per heavy atom. The van der Waals surface area contributed by atoms with Gasteiger partial charge in [-0.3, -0.25) is 47.9 Å². The number of ether oxygens (including phenoxy) is 13. The lowest BCUT2D eigenvalue weighted by molar-refractivity contribution is -0.193. The van der Waals surface area contributed by atoms with Crippen molar-refractivity contribution in [3.05, 3.63) is 165 Å². The summed E-state index contributed by atoms with van der Waals surface area (Å²) in [5.41, 5.74) is 2.76. The Bertz CT molecular complexity index is 4850. The molecule has 33 nitrogen and oxygen atoms in total. The van der Waals surface area contributed by atoms with E-state index in [2.05, 4.69) is 29.7 Å². The number of carboxylic acid groups (broad SMARTS) is 1. The number of rotatable bonds is 27. The standard InChI is InChI=1S/C28H33NO7.C21H27NO6.2C20H27NO5.C7H8.CH2O2.2CO2.2H2/c1-4-35-26(31)28(17-21-14-23(33-2)24(34-3)15-22(21)25(28)30)16-19-10-12-29(13-11-19)27(32)36-18-20-8-6-5-7-9-20;1-4-28-20(25)21(11-14-5-7-22(13-23)8-6-14)12-15-9-17(26-2)18(27-3)10-16(15)19(21)24;2*1-4-26-19(23)20(11-13-5-7-21-8-6-13)12-14-9-16(24-2)17(25-3)10-15(14)18(20)22;1-7-5-3-2-4-6-7;3*2-1-3;;/h5-9,14-15,19H,4,10-13,16-18H2,1-3H3;9-10,13-14H,4-8,11-12H2,1-3H3;2*9-10,13,21H,4-8,11-12H2,1-3H3;2-6H,1H3;1H,(H,2,3);;;2*1H/i;;;;;;;;1+1;. The lowest BCUT2D eigenvalue weighted by atomic mass is 9.73. The Morgan fingerprint density at radius 1 is 0.402 bits per heavy atom. The Labute approximate surface area is 772 Å². The van der Waals surface area contributed by atoms with Crippen LogP contribution in [0.1, 0.15) is 182 Å². The summed E-state index contributed by atoms with van der Waals surface area (Å²) in [6.45, 7) is 16.1. The molecule has 4 heterocycles. The molecule has 4 aliphatic carbocycles. The molecule has 0 saturated carbocycles. The number of carbonyl (C=O) groups is 11. The molecule has 4 saturated heterocycles. The summed E-state index contributed by atoms with van der Waals surface area (Å²) in [6.07, 6.45) is 11.0. The monoisotopic (exact) mass is 1840 g/mol. The Morgan fingerprint density at radius 2 is 0.644 bits per heavy atom. The van der Waals surface area contributed by atoms with Crippen LogP contribution in [0.2, 0.25) is 0 Å². The van der Waals surface area contributed by atoms with Crippen molar-refractivity contribution in [3.8, 4) is 46.0 Å². The molecule has 6 aromatic carbocycles. The van der Waals surface area contributed by atoms with Crippen molar-refractivity contribution in [2.24, 2.45) is 45.3 Å². The number of methoxy groups -OCH3 is 8. The maximum absolute atomic E-state index is 13.7. The van der Waals surface area contributed by atoms with E-state index in [1.165, 1.54) is 41.1 Å². The van der Waals surface area contributed by atoms with Crippen LogP contribution >= 0.6 is 0 Å². The van der Waals surface area contributed by atoms with Crippen molar-refractivity contribution in [3.63, 3.8) is 0 Å². The smallest absolute Gasteiger partial charge is 0.410 e. The number of ketones is 4. The number of aryl methyl sites for hydroxylation is 1. The van der Waals surface area contributed by atoms with Crippen LogP contribution in [-0.2, 0) is 104 Å². The fraction of sp³-hybridized carbons (Fsp3) is 0.505. The molecule has 4 unspecified atom stereocenters. The predicted molar refractivity (Wildman–Crippen MR) is 482 cm³/mol. The number of nitrogens with zero attached hydrogens (tertiary/aromatic N) is 2. The van der Waals surface area contributed by atoms with Crippen molar-refractivity contribution in [1.29, 1.82) is 0 Å². The molecule has 4 fully saturated rings. The quantitative estimate of drug-likeness (QED) is 0.0187. The van der Waals surface area contributed by atoms with Crippen LogP contribution in [0.3, 0.4) is 0 Å². The number of fused-ring (bicyclic) bond motifs is 4. The van der Waals surface area contributed by atoms with Crippen LogP contribution in [0.15, 0.2) is 109 Å². The van der Waals surface area contributed by atoms with Crippen LogP contribution in [0, 0.1) is 52.3 Å². The third-order valence-corrected chi connectivity index (χ3v) is 25.1. The molecule has 14 rings (SSSR count). The van der Waals surface area contributed by atoms with E-state index in [9.17, 15) is 47.9 Å². The topological polar surface area (TPSA) is 427 Å². The maximum Gasteiger partial charge on any atom is 0.410 e. The van der Waals surface area contributed by atoms with Gasteiger partial charge < -0.3 is 87.1 Å².